The first-order valence-electron chi connectivity index (χ1n) is 6.96. The quantitative estimate of drug-likeness (QED) is 0.341. The number of nitrogens with zero attached hydrogens (tertiary/aromatic N) is 2. The Bertz CT molecular complexity index is 646. The maximum Gasteiger partial charge on any atom is 0.201 e. The summed E-state index contributed by atoms with van der Waals surface area (Å²) in [6.45, 7) is 1.17. The van der Waals surface area contributed by atoms with Gasteiger partial charge in [0.1, 0.15) is 5.82 Å². The summed E-state index contributed by atoms with van der Waals surface area (Å²) in [7, 11) is 0. The lowest BCUT2D eigenvalue weighted by Crippen LogP contribution is -2.44. The molecular weight excluding hydrogens is 480 g/mol. The molecule has 1 saturated heterocycles. The molecule has 4 N–H and O–H groups in total. The van der Waals surface area contributed by atoms with Gasteiger partial charge in [-0.2, -0.15) is 3.21 Å². The number of hydrogen-bond acceptors (Lipinski definition) is 3. The number of piperidine rings is 1. The molecule has 0 aromatic heterocycles. The Morgan fingerprint density at radius 2 is 2.13 bits per heavy atom. The topological polar surface area (TPSA) is 94.6 Å². The molecule has 124 valence electrons. The van der Waals surface area contributed by atoms with E-state index in [2.05, 4.69) is 24.5 Å². The van der Waals surface area contributed by atoms with Gasteiger partial charge >= 0.3 is 0 Å². The Kier molecular flexibility index (Phi) is 6.33. The monoisotopic (exact) mass is 495 g/mol. The van der Waals surface area contributed by atoms with Crippen LogP contribution in [0.4, 0.5) is 10.1 Å². The fourth-order valence-corrected chi connectivity index (χ4v) is 3.15. The standard InChI is InChI=1S/C14H16BrFIN5O/c15-10-7-9(1-2-11(10)16)20-13(21-17)12(23)8-3-5-22(6-4-8)14(18)19/h1-2,7-8H,3-6H2,(H3,18,19)(H,20,21). The number of halogens is 3. The number of anilines is 1. The van der Waals surface area contributed by atoms with Gasteiger partial charge in [0, 0.05) is 24.7 Å². The molecule has 0 amide bonds. The molecule has 0 atom stereocenters. The van der Waals surface area contributed by atoms with Crippen molar-refractivity contribution in [1.29, 1.82) is 5.41 Å². The minimum absolute atomic E-state index is 0.0352. The fourth-order valence-electron chi connectivity index (χ4n) is 2.41. The summed E-state index contributed by atoms with van der Waals surface area (Å²) < 4.78 is 17.6. The number of likely N-dealkylation sites (tertiary alicyclic amines) is 1. The SMILES string of the molecule is N=C(N)N1CCC(C(=O)/C(=N/I)Nc2ccc(F)c(Br)c2)CC1. The van der Waals surface area contributed by atoms with Crippen molar-refractivity contribution in [3.8, 4) is 0 Å². The number of nitrogens with two attached hydrogens (primary N) is 1. The molecule has 6 nitrogen and oxygen atoms in total. The minimum Gasteiger partial charge on any atom is -0.370 e. The molecule has 1 aliphatic rings. The minimum atomic E-state index is -0.369. The molecule has 1 aliphatic heterocycles. The largest absolute Gasteiger partial charge is 0.370 e. The lowest BCUT2D eigenvalue weighted by Gasteiger charge is -2.31. The Hall–Kier alpha value is -1.23. The second-order valence-electron chi connectivity index (χ2n) is 5.20. The molecule has 1 aromatic carbocycles. The molecule has 0 spiro atoms. The average Bonchev–Trinajstić information content (AvgIpc) is 2.55. The van der Waals surface area contributed by atoms with E-state index >= 15 is 0 Å². The molecule has 0 bridgehead atoms. The number of benzene rings is 1. The summed E-state index contributed by atoms with van der Waals surface area (Å²) in [5.74, 6) is -0.330. The third-order valence-electron chi connectivity index (χ3n) is 3.71. The number of rotatable bonds is 3. The Labute approximate surface area is 155 Å². The van der Waals surface area contributed by atoms with Crippen LogP contribution >= 0.6 is 38.8 Å². The number of nitrogens with one attached hydrogen (secondary N) is 2. The first-order valence-corrected chi connectivity index (χ1v) is 8.72. The van der Waals surface area contributed by atoms with E-state index < -0.39 is 0 Å². The van der Waals surface area contributed by atoms with Crippen molar-refractivity contribution in [3.05, 3.63) is 28.5 Å². The van der Waals surface area contributed by atoms with E-state index in [-0.39, 0.29) is 29.3 Å². The lowest BCUT2D eigenvalue weighted by molar-refractivity contribution is -0.117. The van der Waals surface area contributed by atoms with Gasteiger partial charge in [-0.3, -0.25) is 10.2 Å². The summed E-state index contributed by atoms with van der Waals surface area (Å²) in [6, 6.07) is 4.42. The Balaban J connectivity index is 2.02. The zero-order valence-corrected chi connectivity index (χ0v) is 15.9. The number of guanidine groups is 1. The van der Waals surface area contributed by atoms with E-state index in [0.29, 0.717) is 36.1 Å². The highest BCUT2D eigenvalue weighted by molar-refractivity contribution is 14.1. The summed E-state index contributed by atoms with van der Waals surface area (Å²) in [5, 5.41) is 10.4. The van der Waals surface area contributed by atoms with Gasteiger partial charge in [-0.1, -0.05) is 0 Å². The number of carbonyl (C=O) groups excluding carboxylic acids is 1. The van der Waals surface area contributed by atoms with Gasteiger partial charge in [-0.15, -0.1) is 0 Å². The first kappa shape index (κ1) is 18.1. The van der Waals surface area contributed by atoms with E-state index in [1.54, 1.807) is 39.9 Å². The highest BCUT2D eigenvalue weighted by Gasteiger charge is 2.28. The normalized spacial score (nSPS) is 16.3. The summed E-state index contributed by atoms with van der Waals surface area (Å²) >= 11 is 4.88. The van der Waals surface area contributed by atoms with Crippen LogP contribution in [-0.2, 0) is 4.79 Å². The third kappa shape index (κ3) is 4.63. The van der Waals surface area contributed by atoms with E-state index in [1.807, 2.05) is 0 Å². The van der Waals surface area contributed by atoms with Crippen molar-refractivity contribution in [2.75, 3.05) is 18.4 Å². The molecule has 23 heavy (non-hydrogen) atoms. The number of amidine groups is 1. The second-order valence-corrected chi connectivity index (χ2v) is 6.53. The first-order chi connectivity index (χ1) is 10.9. The number of ketones is 1. The Morgan fingerprint density at radius 1 is 1.48 bits per heavy atom. The van der Waals surface area contributed by atoms with Crippen molar-refractivity contribution in [1.82, 2.24) is 4.90 Å². The van der Waals surface area contributed by atoms with E-state index in [4.69, 9.17) is 11.1 Å². The van der Waals surface area contributed by atoms with Crippen molar-refractivity contribution in [2.45, 2.75) is 12.8 Å². The number of Topliss-reactive ketones (excluding diaryl/α,β-unsaturated/α-hetero) is 1. The van der Waals surface area contributed by atoms with E-state index in [1.165, 1.54) is 6.07 Å². The Morgan fingerprint density at radius 3 is 2.65 bits per heavy atom. The van der Waals surface area contributed by atoms with Crippen molar-refractivity contribution < 1.29 is 9.18 Å². The van der Waals surface area contributed by atoms with Crippen LogP contribution in [0.25, 0.3) is 0 Å². The van der Waals surface area contributed by atoms with Crippen LogP contribution in [0.5, 0.6) is 0 Å². The fraction of sp³-hybridized carbons (Fsp3) is 0.357. The van der Waals surface area contributed by atoms with Crippen LogP contribution < -0.4 is 11.1 Å². The van der Waals surface area contributed by atoms with Gasteiger partial charge in [-0.25, -0.2) is 4.39 Å². The van der Waals surface area contributed by atoms with Crippen LogP contribution in [0.2, 0.25) is 0 Å². The summed E-state index contributed by atoms with van der Waals surface area (Å²) in [6.07, 6.45) is 1.26. The van der Waals surface area contributed by atoms with Crippen LogP contribution in [0.3, 0.4) is 0 Å². The molecule has 1 aromatic rings. The smallest absolute Gasteiger partial charge is 0.201 e. The molecule has 1 fully saturated rings. The maximum atomic E-state index is 13.3. The van der Waals surface area contributed by atoms with Gasteiger partial charge in [0.05, 0.1) is 27.3 Å². The van der Waals surface area contributed by atoms with Crippen LogP contribution in [0.15, 0.2) is 25.9 Å². The zero-order chi connectivity index (χ0) is 17.0. The number of hydrogen-bond donors (Lipinski definition) is 3. The van der Waals surface area contributed by atoms with Gasteiger partial charge in [0.15, 0.2) is 11.8 Å². The molecule has 0 aliphatic carbocycles. The predicted molar refractivity (Wildman–Crippen MR) is 100 cm³/mol. The maximum absolute atomic E-state index is 13.3. The van der Waals surface area contributed by atoms with Gasteiger partial charge in [0.2, 0.25) is 5.78 Å². The van der Waals surface area contributed by atoms with E-state index in [9.17, 15) is 9.18 Å². The molecule has 1 heterocycles. The van der Waals surface area contributed by atoms with Gasteiger partial charge in [0.25, 0.3) is 0 Å². The van der Waals surface area contributed by atoms with Crippen LogP contribution in [-0.4, -0.2) is 35.6 Å². The summed E-state index contributed by atoms with van der Waals surface area (Å²) in [5.41, 5.74) is 6.04. The van der Waals surface area contributed by atoms with Gasteiger partial charge in [-0.05, 0) is 47.0 Å². The molecule has 9 heteroatoms. The third-order valence-corrected chi connectivity index (χ3v) is 4.80. The molecule has 0 saturated carbocycles. The highest BCUT2D eigenvalue weighted by Crippen LogP contribution is 2.22. The molecule has 2 rings (SSSR count). The van der Waals surface area contributed by atoms with Crippen molar-refractivity contribution >= 4 is 62.1 Å². The zero-order valence-electron chi connectivity index (χ0n) is 12.2. The average molecular weight is 496 g/mol. The van der Waals surface area contributed by atoms with Crippen molar-refractivity contribution in [3.63, 3.8) is 0 Å². The lowest BCUT2D eigenvalue weighted by atomic mass is 9.92. The second kappa shape index (κ2) is 8.04. The molecule has 0 radical (unpaired) electrons. The van der Waals surface area contributed by atoms with Crippen LogP contribution in [0.1, 0.15) is 12.8 Å². The van der Waals surface area contributed by atoms with Crippen molar-refractivity contribution in [2.24, 2.45) is 14.9 Å². The van der Waals surface area contributed by atoms with Crippen LogP contribution in [0, 0.1) is 17.1 Å². The van der Waals surface area contributed by atoms with Gasteiger partial charge < -0.3 is 16.0 Å². The predicted octanol–water partition coefficient (Wildman–Crippen LogP) is 2.92. The van der Waals surface area contributed by atoms with E-state index in [0.717, 1.165) is 0 Å². The molecule has 0 unspecified atom stereocenters. The molecular formula is C14H16BrFIN5O. The highest BCUT2D eigenvalue weighted by atomic mass is 127. The summed E-state index contributed by atoms with van der Waals surface area (Å²) in [4.78, 5) is 14.3. The number of carbonyl (C=O) groups is 1.